The molecule has 0 saturated carbocycles. The van der Waals surface area contributed by atoms with Crippen LogP contribution in [0.25, 0.3) is 0 Å². The highest BCUT2D eigenvalue weighted by Crippen LogP contribution is 2.30. The Morgan fingerprint density at radius 1 is 0.473 bits per heavy atom. The normalized spacial score (nSPS) is 11.0. The molecule has 5 aromatic rings. The minimum absolute atomic E-state index is 0.00874. The van der Waals surface area contributed by atoms with Crippen LogP contribution in [0.5, 0.6) is 0 Å². The van der Waals surface area contributed by atoms with Crippen LogP contribution in [0, 0.1) is 23.7 Å². The number of carboxylic acids is 2. The average molecular weight is 1030 g/mol. The third kappa shape index (κ3) is 21.4. The standard InChI is InChI=1S/C31H30F3NO3.C28H31F4NO3/c1-2-3-4-5-8-23-11-13-24(14-12-23)15-18-26-9-6-7-10-27(26)22-35(29(36)30(37)38)21-25-16-19-28(20-17-25)31(32,33)34;29-19-9-7-5-3-1-2-4-6-8-10-22-11-13-23(14-12-22)20-33(26(34)27(35)36)21-24-15-17-25(18-16-24)28(30,31)32/h6-7,9-14,16-17,19-20H,2-5,8,21-22H2,1H3,(H,37,38);11-18H,1-7,9,19-21H2,(H,35,36). The lowest BCUT2D eigenvalue weighted by Crippen LogP contribution is -2.35. The van der Waals surface area contributed by atoms with Crippen LogP contribution in [-0.2, 0) is 64.1 Å². The van der Waals surface area contributed by atoms with E-state index in [0.29, 0.717) is 34.2 Å². The number of alkyl halides is 7. The molecule has 0 aliphatic heterocycles. The summed E-state index contributed by atoms with van der Waals surface area (Å²) in [6.45, 7) is 1.58. The molecule has 0 radical (unpaired) electrons. The van der Waals surface area contributed by atoms with Gasteiger partial charge in [0.25, 0.3) is 0 Å². The fourth-order valence-electron chi connectivity index (χ4n) is 7.61. The number of carbonyl (C=O) groups is 4. The Kier molecular flexibility index (Phi) is 24.5. The first kappa shape index (κ1) is 59.2. The van der Waals surface area contributed by atoms with Crippen LogP contribution in [0.4, 0.5) is 30.7 Å². The number of aryl methyl sites for hydroxylation is 1. The van der Waals surface area contributed by atoms with E-state index in [1.165, 1.54) is 49.1 Å². The van der Waals surface area contributed by atoms with Gasteiger partial charge in [-0.05, 0) is 108 Å². The van der Waals surface area contributed by atoms with Gasteiger partial charge in [0.2, 0.25) is 0 Å². The molecule has 0 spiro atoms. The Morgan fingerprint density at radius 3 is 1.36 bits per heavy atom. The highest BCUT2D eigenvalue weighted by Gasteiger charge is 2.31. The zero-order valence-electron chi connectivity index (χ0n) is 41.3. The minimum atomic E-state index is -4.48. The maximum Gasteiger partial charge on any atom is 0.416 e. The van der Waals surface area contributed by atoms with Crippen molar-refractivity contribution >= 4 is 23.8 Å². The summed E-state index contributed by atoms with van der Waals surface area (Å²) in [5, 5.41) is 18.5. The second kappa shape index (κ2) is 30.6. The van der Waals surface area contributed by atoms with Crippen LogP contribution in [0.15, 0.2) is 121 Å². The van der Waals surface area contributed by atoms with E-state index in [1.807, 2.05) is 12.1 Å². The van der Waals surface area contributed by atoms with Crippen molar-refractivity contribution in [2.75, 3.05) is 6.67 Å². The van der Waals surface area contributed by atoms with Crippen LogP contribution in [0.2, 0.25) is 0 Å². The van der Waals surface area contributed by atoms with Crippen molar-refractivity contribution in [2.24, 2.45) is 0 Å². The Bertz CT molecular complexity index is 2680. The van der Waals surface area contributed by atoms with Gasteiger partial charge in [0.05, 0.1) is 17.8 Å². The summed E-state index contributed by atoms with van der Waals surface area (Å²) >= 11 is 0. The molecule has 0 aromatic heterocycles. The Hall–Kier alpha value is -7.39. The number of hydrogen-bond acceptors (Lipinski definition) is 4. The van der Waals surface area contributed by atoms with Crippen molar-refractivity contribution < 1.29 is 60.1 Å². The molecular weight excluding hydrogens is 966 g/mol. The quantitative estimate of drug-likeness (QED) is 0.0327. The maximum absolute atomic E-state index is 12.9. The first-order valence-electron chi connectivity index (χ1n) is 24.6. The summed E-state index contributed by atoms with van der Waals surface area (Å²) in [7, 11) is 0. The molecule has 0 bridgehead atoms. The number of carbonyl (C=O) groups excluding carboxylic acids is 2. The lowest BCUT2D eigenvalue weighted by molar-refractivity contribution is -0.156. The first-order chi connectivity index (χ1) is 35.4. The number of rotatable bonds is 21. The predicted molar refractivity (Wildman–Crippen MR) is 270 cm³/mol. The summed E-state index contributed by atoms with van der Waals surface area (Å²) in [6, 6.07) is 30.8. The van der Waals surface area contributed by atoms with Gasteiger partial charge in [-0.25, -0.2) is 9.59 Å². The third-order valence-corrected chi connectivity index (χ3v) is 11.7. The molecule has 0 atom stereocenters. The largest absolute Gasteiger partial charge is 0.474 e. The number of amides is 2. The lowest BCUT2D eigenvalue weighted by Gasteiger charge is -2.22. The fourth-order valence-corrected chi connectivity index (χ4v) is 7.61. The molecule has 5 rings (SSSR count). The topological polar surface area (TPSA) is 115 Å². The van der Waals surface area contributed by atoms with E-state index in [0.717, 1.165) is 103 Å². The zero-order chi connectivity index (χ0) is 53.9. The average Bonchev–Trinajstić information content (AvgIpc) is 3.37. The van der Waals surface area contributed by atoms with Crippen molar-refractivity contribution in [2.45, 2.75) is 129 Å². The summed E-state index contributed by atoms with van der Waals surface area (Å²) in [4.78, 5) is 49.5. The summed E-state index contributed by atoms with van der Waals surface area (Å²) in [6.07, 6.45) is 4.68. The Balaban J connectivity index is 0.000000321. The molecule has 392 valence electrons. The van der Waals surface area contributed by atoms with Crippen LogP contribution in [0.3, 0.4) is 0 Å². The summed E-state index contributed by atoms with van der Waals surface area (Å²) in [5.74, 6) is 6.88. The van der Waals surface area contributed by atoms with Crippen molar-refractivity contribution in [1.29, 1.82) is 0 Å². The molecule has 0 unspecified atom stereocenters. The number of carboxylic acid groups (broad SMARTS) is 2. The van der Waals surface area contributed by atoms with E-state index in [1.54, 1.807) is 48.5 Å². The van der Waals surface area contributed by atoms with E-state index >= 15 is 0 Å². The van der Waals surface area contributed by atoms with Gasteiger partial charge in [0.1, 0.15) is 0 Å². The molecule has 8 nitrogen and oxygen atoms in total. The van der Waals surface area contributed by atoms with Gasteiger partial charge >= 0.3 is 36.1 Å². The van der Waals surface area contributed by atoms with E-state index < -0.39 is 47.2 Å². The number of hydrogen-bond donors (Lipinski definition) is 2. The lowest BCUT2D eigenvalue weighted by atomic mass is 10.0. The second-order valence-electron chi connectivity index (χ2n) is 17.6. The van der Waals surface area contributed by atoms with E-state index in [9.17, 15) is 55.0 Å². The molecule has 2 amide bonds. The van der Waals surface area contributed by atoms with E-state index in [-0.39, 0.29) is 32.9 Å². The summed E-state index contributed by atoms with van der Waals surface area (Å²) in [5.41, 5.74) is 3.97. The molecule has 74 heavy (non-hydrogen) atoms. The molecule has 0 saturated heterocycles. The van der Waals surface area contributed by atoms with Gasteiger partial charge < -0.3 is 20.0 Å². The number of benzene rings is 5. The van der Waals surface area contributed by atoms with Crippen LogP contribution < -0.4 is 0 Å². The Morgan fingerprint density at radius 2 is 0.892 bits per heavy atom. The molecule has 15 heteroatoms. The van der Waals surface area contributed by atoms with Gasteiger partial charge in [-0.2, -0.15) is 26.3 Å². The first-order valence-corrected chi connectivity index (χ1v) is 24.6. The fraction of sp³-hybridized carbons (Fsp3) is 0.356. The predicted octanol–water partition coefficient (Wildman–Crippen LogP) is 13.6. The van der Waals surface area contributed by atoms with Gasteiger partial charge in [0.15, 0.2) is 0 Å². The molecule has 0 fully saturated rings. The van der Waals surface area contributed by atoms with Crippen molar-refractivity contribution in [1.82, 2.24) is 9.80 Å². The maximum atomic E-state index is 12.9. The smallest absolute Gasteiger partial charge is 0.416 e. The van der Waals surface area contributed by atoms with Crippen molar-refractivity contribution in [3.05, 3.63) is 177 Å². The molecule has 0 heterocycles. The number of aliphatic carboxylic acids is 2. The van der Waals surface area contributed by atoms with Gasteiger partial charge in [-0.1, -0.05) is 149 Å². The molecule has 0 aliphatic carbocycles. The number of nitrogens with zero attached hydrogens (tertiary/aromatic N) is 2. The monoisotopic (exact) mass is 1030 g/mol. The Labute approximate surface area is 428 Å². The molecule has 5 aromatic carbocycles. The van der Waals surface area contributed by atoms with Crippen molar-refractivity contribution in [3.63, 3.8) is 0 Å². The molecule has 0 aliphatic rings. The third-order valence-electron chi connectivity index (χ3n) is 11.7. The van der Waals surface area contributed by atoms with Gasteiger partial charge in [-0.15, -0.1) is 0 Å². The van der Waals surface area contributed by atoms with Gasteiger partial charge in [-0.3, -0.25) is 14.0 Å². The highest BCUT2D eigenvalue weighted by atomic mass is 19.4. The van der Waals surface area contributed by atoms with Crippen molar-refractivity contribution in [3.8, 4) is 23.7 Å². The van der Waals surface area contributed by atoms with E-state index in [2.05, 4.69) is 42.7 Å². The SMILES string of the molecule is CCCCCCc1ccc(C#Cc2ccccc2CN(Cc2ccc(C(F)(F)F)cc2)C(=O)C(=O)O)cc1.O=C(O)C(=O)N(Cc1ccc(C#CCCCCCCCCCF)cc1)Cc1ccc(C(F)(F)F)cc1. The van der Waals surface area contributed by atoms with Crippen LogP contribution >= 0.6 is 0 Å². The second-order valence-corrected chi connectivity index (χ2v) is 17.6. The summed E-state index contributed by atoms with van der Waals surface area (Å²) < 4.78 is 89.0. The van der Waals surface area contributed by atoms with E-state index in [4.69, 9.17) is 5.11 Å². The van der Waals surface area contributed by atoms with Crippen LogP contribution in [0.1, 0.15) is 140 Å². The number of halogens is 7. The van der Waals surface area contributed by atoms with Crippen LogP contribution in [-0.4, -0.2) is 50.4 Å². The molecule has 2 N–H and O–H groups in total. The van der Waals surface area contributed by atoms with Gasteiger partial charge in [0, 0.05) is 49.3 Å². The minimum Gasteiger partial charge on any atom is -0.474 e. The highest BCUT2D eigenvalue weighted by molar-refractivity contribution is 6.31. The molecular formula is C59H61F7N2O6. The number of unbranched alkanes of at least 4 members (excludes halogenated alkanes) is 10. The zero-order valence-corrected chi connectivity index (χ0v) is 41.3.